The van der Waals surface area contributed by atoms with E-state index in [0.29, 0.717) is 11.8 Å². The first-order valence-corrected chi connectivity index (χ1v) is 8.32. The normalized spacial score (nSPS) is 54.1. The summed E-state index contributed by atoms with van der Waals surface area (Å²) in [6, 6.07) is 0. The number of esters is 1. The molecular weight excluding hydrogens is 264 g/mol. The van der Waals surface area contributed by atoms with E-state index in [2.05, 4.69) is 26.8 Å². The van der Waals surface area contributed by atoms with Gasteiger partial charge in [0.1, 0.15) is 11.7 Å². The van der Waals surface area contributed by atoms with Crippen LogP contribution in [0.25, 0.3) is 0 Å². The van der Waals surface area contributed by atoms with Gasteiger partial charge in [-0.15, -0.1) is 0 Å². The van der Waals surface area contributed by atoms with Crippen LogP contribution in [-0.4, -0.2) is 24.3 Å². The molecule has 1 heterocycles. The Morgan fingerprint density at radius 1 is 1.38 bits per heavy atom. The first-order chi connectivity index (χ1) is 9.83. The second kappa shape index (κ2) is 3.92. The van der Waals surface area contributed by atoms with Gasteiger partial charge in [-0.05, 0) is 49.9 Å². The predicted molar refractivity (Wildman–Crippen MR) is 79.7 cm³/mol. The van der Waals surface area contributed by atoms with Crippen LogP contribution in [0, 0.1) is 22.7 Å². The lowest BCUT2D eigenvalue weighted by molar-refractivity contribution is -0.170. The highest BCUT2D eigenvalue weighted by Gasteiger charge is 2.80. The molecule has 3 heteroatoms. The zero-order valence-corrected chi connectivity index (χ0v) is 13.6. The Bertz CT molecular complexity index is 533. The van der Waals surface area contributed by atoms with Crippen LogP contribution in [-0.2, 0) is 14.3 Å². The third-order valence-electron chi connectivity index (χ3n) is 7.51. The zero-order valence-electron chi connectivity index (χ0n) is 13.6. The fourth-order valence-corrected chi connectivity index (χ4v) is 6.03. The molecular formula is C18H26O3. The molecule has 0 amide bonds. The van der Waals surface area contributed by atoms with E-state index >= 15 is 0 Å². The van der Waals surface area contributed by atoms with Gasteiger partial charge in [0.2, 0.25) is 0 Å². The molecule has 4 aliphatic rings. The third-order valence-corrected chi connectivity index (χ3v) is 7.51. The Morgan fingerprint density at radius 3 is 2.71 bits per heavy atom. The van der Waals surface area contributed by atoms with Gasteiger partial charge in [-0.2, -0.15) is 0 Å². The summed E-state index contributed by atoms with van der Waals surface area (Å²) in [5.41, 5.74) is 1.64. The van der Waals surface area contributed by atoms with Crippen molar-refractivity contribution in [2.75, 3.05) is 6.61 Å². The van der Waals surface area contributed by atoms with Crippen molar-refractivity contribution in [2.45, 2.75) is 65.1 Å². The molecule has 3 nitrogen and oxygen atoms in total. The molecule has 21 heavy (non-hydrogen) atoms. The van der Waals surface area contributed by atoms with Crippen LogP contribution < -0.4 is 0 Å². The van der Waals surface area contributed by atoms with Gasteiger partial charge in [-0.3, -0.25) is 4.79 Å². The minimum Gasteiger partial charge on any atom is -0.462 e. The van der Waals surface area contributed by atoms with E-state index in [0.717, 1.165) is 19.4 Å². The monoisotopic (exact) mass is 290 g/mol. The lowest BCUT2D eigenvalue weighted by atomic mass is 9.46. The Morgan fingerprint density at radius 2 is 2.10 bits per heavy atom. The summed E-state index contributed by atoms with van der Waals surface area (Å²) < 4.78 is 11.9. The van der Waals surface area contributed by atoms with Gasteiger partial charge in [-0.1, -0.05) is 25.5 Å². The molecule has 2 bridgehead atoms. The van der Waals surface area contributed by atoms with Crippen molar-refractivity contribution >= 4 is 5.97 Å². The molecule has 0 aromatic carbocycles. The lowest BCUT2D eigenvalue weighted by Gasteiger charge is -2.58. The predicted octanol–water partition coefficient (Wildman–Crippen LogP) is 3.48. The van der Waals surface area contributed by atoms with Gasteiger partial charge in [-0.25, -0.2) is 0 Å². The van der Waals surface area contributed by atoms with E-state index in [1.54, 1.807) is 0 Å². The number of epoxide rings is 1. The summed E-state index contributed by atoms with van der Waals surface area (Å²) in [5, 5.41) is 0. The standard InChI is InChI=1S/C18H26O3/c1-11-5-6-16(3)13(7-11)8-14-9-15(21-12(2)19)17(16,4)18(14)10-20-18/h7,13-15H,5-6,8-10H2,1-4H3/t13-,14+,15+,16-,17+,18?/m1/s1. The van der Waals surface area contributed by atoms with E-state index in [-0.39, 0.29) is 28.5 Å². The van der Waals surface area contributed by atoms with Crippen molar-refractivity contribution < 1.29 is 14.3 Å². The smallest absolute Gasteiger partial charge is 0.302 e. The second-order valence-corrected chi connectivity index (χ2v) is 8.18. The van der Waals surface area contributed by atoms with Gasteiger partial charge in [0.15, 0.2) is 0 Å². The number of hydrogen-bond donors (Lipinski definition) is 0. The minimum absolute atomic E-state index is 0.0164. The van der Waals surface area contributed by atoms with Crippen LogP contribution >= 0.6 is 0 Å². The number of rotatable bonds is 1. The minimum atomic E-state index is -0.146. The molecule has 4 rings (SSSR count). The summed E-state index contributed by atoms with van der Waals surface area (Å²) in [4.78, 5) is 11.6. The summed E-state index contributed by atoms with van der Waals surface area (Å²) in [7, 11) is 0. The Balaban J connectivity index is 1.82. The number of allylic oxidation sites excluding steroid dienone is 2. The molecule has 3 fully saturated rings. The average molecular weight is 290 g/mol. The van der Waals surface area contributed by atoms with Crippen LogP contribution in [0.15, 0.2) is 11.6 Å². The molecule has 1 saturated heterocycles. The molecule has 0 aromatic heterocycles. The summed E-state index contributed by atoms with van der Waals surface area (Å²) >= 11 is 0. The molecule has 1 aliphatic heterocycles. The fraction of sp³-hybridized carbons (Fsp3) is 0.833. The maximum absolute atomic E-state index is 11.6. The third kappa shape index (κ3) is 1.46. The van der Waals surface area contributed by atoms with Crippen LogP contribution in [0.4, 0.5) is 0 Å². The molecule has 0 N–H and O–H groups in total. The Kier molecular flexibility index (Phi) is 2.58. The van der Waals surface area contributed by atoms with Crippen LogP contribution in [0.2, 0.25) is 0 Å². The highest BCUT2D eigenvalue weighted by molar-refractivity contribution is 5.66. The first kappa shape index (κ1) is 13.8. The van der Waals surface area contributed by atoms with Gasteiger partial charge in [0.05, 0.1) is 6.61 Å². The van der Waals surface area contributed by atoms with E-state index < -0.39 is 0 Å². The highest BCUT2D eigenvalue weighted by atomic mass is 16.6. The van der Waals surface area contributed by atoms with E-state index in [1.165, 1.54) is 25.3 Å². The lowest BCUT2D eigenvalue weighted by Crippen LogP contribution is -2.59. The molecule has 1 spiro atoms. The molecule has 1 unspecified atom stereocenters. The molecule has 2 saturated carbocycles. The van der Waals surface area contributed by atoms with Crippen LogP contribution in [0.5, 0.6) is 0 Å². The van der Waals surface area contributed by atoms with Crippen molar-refractivity contribution in [3.8, 4) is 0 Å². The number of carbonyl (C=O) groups excluding carboxylic acids is 1. The van der Waals surface area contributed by atoms with Crippen LogP contribution in [0.1, 0.15) is 53.4 Å². The number of ether oxygens (including phenoxy) is 2. The number of carbonyl (C=O) groups is 1. The highest BCUT2D eigenvalue weighted by Crippen LogP contribution is 2.75. The average Bonchev–Trinajstić information content (AvgIpc) is 3.16. The molecule has 116 valence electrons. The Hall–Kier alpha value is -0.830. The molecule has 0 radical (unpaired) electrons. The van der Waals surface area contributed by atoms with Crippen molar-refractivity contribution in [2.24, 2.45) is 22.7 Å². The zero-order chi connectivity index (χ0) is 15.0. The van der Waals surface area contributed by atoms with Crippen molar-refractivity contribution in [1.29, 1.82) is 0 Å². The number of fused-ring (bicyclic) bond motifs is 2. The van der Waals surface area contributed by atoms with Gasteiger partial charge >= 0.3 is 5.97 Å². The van der Waals surface area contributed by atoms with Crippen LogP contribution in [0.3, 0.4) is 0 Å². The topological polar surface area (TPSA) is 38.8 Å². The summed E-state index contributed by atoms with van der Waals surface area (Å²) in [6.07, 6.45) is 7.04. The maximum Gasteiger partial charge on any atom is 0.302 e. The quantitative estimate of drug-likeness (QED) is 0.421. The SMILES string of the molecule is CC(=O)O[C@H]1C[C@@H]2C[C@H]3C=C(C)CC[C@@]3(C)[C@@]1(C)C21CO1. The maximum atomic E-state index is 11.6. The fourth-order valence-electron chi connectivity index (χ4n) is 6.03. The van der Waals surface area contributed by atoms with Crippen molar-refractivity contribution in [3.05, 3.63) is 11.6 Å². The summed E-state index contributed by atoms with van der Waals surface area (Å²) in [6.45, 7) is 9.41. The van der Waals surface area contributed by atoms with Gasteiger partial charge < -0.3 is 9.47 Å². The van der Waals surface area contributed by atoms with Gasteiger partial charge in [0.25, 0.3) is 0 Å². The van der Waals surface area contributed by atoms with E-state index in [4.69, 9.17) is 9.47 Å². The Labute approximate surface area is 127 Å². The largest absolute Gasteiger partial charge is 0.462 e. The van der Waals surface area contributed by atoms with E-state index in [1.807, 2.05) is 0 Å². The second-order valence-electron chi connectivity index (χ2n) is 8.18. The first-order valence-electron chi connectivity index (χ1n) is 8.32. The molecule has 0 aromatic rings. The van der Waals surface area contributed by atoms with Crippen molar-refractivity contribution in [1.82, 2.24) is 0 Å². The molecule has 3 aliphatic carbocycles. The van der Waals surface area contributed by atoms with Gasteiger partial charge in [0, 0.05) is 12.3 Å². The van der Waals surface area contributed by atoms with E-state index in [9.17, 15) is 4.79 Å². The number of hydrogen-bond acceptors (Lipinski definition) is 3. The molecule has 6 atom stereocenters. The summed E-state index contributed by atoms with van der Waals surface area (Å²) in [5.74, 6) is 1.01. The van der Waals surface area contributed by atoms with Crippen molar-refractivity contribution in [3.63, 3.8) is 0 Å².